The zero-order valence-corrected chi connectivity index (χ0v) is 11.1. The smallest absolute Gasteiger partial charge is 0.417 e. The molecular weight excluding hydrogens is 289 g/mol. The maximum Gasteiger partial charge on any atom is 0.417 e. The van der Waals surface area contributed by atoms with Gasteiger partial charge in [0.25, 0.3) is 5.91 Å². The normalized spacial score (nSPS) is 17.2. The number of halogens is 3. The van der Waals surface area contributed by atoms with E-state index in [-0.39, 0.29) is 24.7 Å². The minimum Gasteiger partial charge on any atom is -0.481 e. The van der Waals surface area contributed by atoms with Crippen LogP contribution in [0.4, 0.5) is 13.2 Å². The lowest BCUT2D eigenvalue weighted by molar-refractivity contribution is -0.145. The van der Waals surface area contributed by atoms with Crippen LogP contribution in [0.1, 0.15) is 23.0 Å². The van der Waals surface area contributed by atoms with E-state index < -0.39 is 29.5 Å². The van der Waals surface area contributed by atoms with Gasteiger partial charge in [-0.05, 0) is 12.1 Å². The molecule has 1 aromatic rings. The van der Waals surface area contributed by atoms with Gasteiger partial charge in [0.1, 0.15) is 5.69 Å². The third-order valence-electron chi connectivity index (χ3n) is 3.60. The number of alkyl halides is 3. The van der Waals surface area contributed by atoms with Gasteiger partial charge in [-0.15, -0.1) is 0 Å². The van der Waals surface area contributed by atoms with Crippen molar-refractivity contribution in [3.8, 4) is 0 Å². The van der Waals surface area contributed by atoms with Crippen LogP contribution < -0.4 is 0 Å². The quantitative estimate of drug-likeness (QED) is 0.925. The number of aliphatic carboxylic acids is 1. The molecule has 1 atom stereocenters. The molecule has 1 aromatic heterocycles. The van der Waals surface area contributed by atoms with Crippen molar-refractivity contribution in [2.45, 2.75) is 13.1 Å². The van der Waals surface area contributed by atoms with Crippen LogP contribution in [0.2, 0.25) is 0 Å². The maximum atomic E-state index is 12.4. The van der Waals surface area contributed by atoms with Crippen LogP contribution in [-0.4, -0.2) is 40.0 Å². The van der Waals surface area contributed by atoms with Crippen LogP contribution in [0.25, 0.3) is 0 Å². The topological polar surface area (TPSA) is 70.5 Å². The second-order valence-electron chi connectivity index (χ2n) is 5.03. The maximum absolute atomic E-state index is 12.4. The standard InChI is InChI=1S/C13H13F3N2O3/c1-7(12(20)21)8-5-18(6-8)11(19)10-3-2-9(4-17-10)13(14,15)16/h2-4,7-8H,5-6H2,1H3,(H,20,21). The van der Waals surface area contributed by atoms with Gasteiger partial charge >= 0.3 is 12.1 Å². The fourth-order valence-electron chi connectivity index (χ4n) is 2.05. The molecule has 1 fully saturated rings. The number of carboxylic acids is 1. The van der Waals surface area contributed by atoms with Crippen LogP contribution >= 0.6 is 0 Å². The van der Waals surface area contributed by atoms with Gasteiger partial charge in [-0.2, -0.15) is 13.2 Å². The Morgan fingerprint density at radius 2 is 2.00 bits per heavy atom. The van der Waals surface area contributed by atoms with Crippen molar-refractivity contribution in [2.24, 2.45) is 11.8 Å². The summed E-state index contributed by atoms with van der Waals surface area (Å²) in [5.41, 5.74) is -0.996. The number of carbonyl (C=O) groups is 2. The van der Waals surface area contributed by atoms with Crippen molar-refractivity contribution in [1.82, 2.24) is 9.88 Å². The Hall–Kier alpha value is -2.12. The molecule has 0 saturated carbocycles. The van der Waals surface area contributed by atoms with Crippen LogP contribution in [0.3, 0.4) is 0 Å². The van der Waals surface area contributed by atoms with Gasteiger partial charge in [0.05, 0.1) is 11.5 Å². The molecular formula is C13H13F3N2O3. The molecule has 0 bridgehead atoms. The number of hydrogen-bond acceptors (Lipinski definition) is 3. The molecule has 1 aliphatic rings. The van der Waals surface area contributed by atoms with Crippen LogP contribution in [0, 0.1) is 11.8 Å². The summed E-state index contributed by atoms with van der Waals surface area (Å²) in [5.74, 6) is -2.12. The summed E-state index contributed by atoms with van der Waals surface area (Å²) >= 11 is 0. The Morgan fingerprint density at radius 3 is 2.43 bits per heavy atom. The lowest BCUT2D eigenvalue weighted by atomic mass is 9.87. The minimum atomic E-state index is -4.49. The first kappa shape index (κ1) is 15.3. The molecule has 0 aliphatic carbocycles. The highest BCUT2D eigenvalue weighted by atomic mass is 19.4. The molecule has 114 valence electrons. The van der Waals surface area contributed by atoms with E-state index in [1.807, 2.05) is 0 Å². The van der Waals surface area contributed by atoms with Crippen LogP contribution in [0.5, 0.6) is 0 Å². The number of hydrogen-bond donors (Lipinski definition) is 1. The van der Waals surface area contributed by atoms with Gasteiger partial charge in [-0.1, -0.05) is 6.92 Å². The summed E-state index contributed by atoms with van der Waals surface area (Å²) in [5, 5.41) is 8.84. The van der Waals surface area contributed by atoms with E-state index in [9.17, 15) is 22.8 Å². The monoisotopic (exact) mass is 302 g/mol. The zero-order chi connectivity index (χ0) is 15.8. The predicted molar refractivity (Wildman–Crippen MR) is 65.4 cm³/mol. The van der Waals surface area contributed by atoms with Gasteiger partial charge in [0, 0.05) is 25.2 Å². The van der Waals surface area contributed by atoms with Gasteiger partial charge in [0.15, 0.2) is 0 Å². The van der Waals surface area contributed by atoms with Crippen molar-refractivity contribution in [2.75, 3.05) is 13.1 Å². The summed E-state index contributed by atoms with van der Waals surface area (Å²) < 4.78 is 37.1. The zero-order valence-electron chi connectivity index (χ0n) is 11.1. The lowest BCUT2D eigenvalue weighted by Gasteiger charge is -2.41. The molecule has 1 N–H and O–H groups in total. The highest BCUT2D eigenvalue weighted by Gasteiger charge is 2.38. The highest BCUT2D eigenvalue weighted by Crippen LogP contribution is 2.29. The number of likely N-dealkylation sites (tertiary alicyclic amines) is 1. The average molecular weight is 302 g/mol. The number of carbonyl (C=O) groups excluding carboxylic acids is 1. The largest absolute Gasteiger partial charge is 0.481 e. The van der Waals surface area contributed by atoms with E-state index in [0.29, 0.717) is 6.20 Å². The first-order valence-corrected chi connectivity index (χ1v) is 6.25. The number of aromatic nitrogens is 1. The Bertz CT molecular complexity index is 551. The molecule has 5 nitrogen and oxygen atoms in total. The van der Waals surface area contributed by atoms with E-state index in [4.69, 9.17) is 5.11 Å². The summed E-state index contributed by atoms with van der Waals surface area (Å²) in [7, 11) is 0. The SMILES string of the molecule is CC(C(=O)O)C1CN(C(=O)c2ccc(C(F)(F)F)cn2)C1. The molecule has 2 rings (SSSR count). The number of amides is 1. The first-order valence-electron chi connectivity index (χ1n) is 6.25. The second kappa shape index (κ2) is 5.34. The van der Waals surface area contributed by atoms with Crippen molar-refractivity contribution in [3.05, 3.63) is 29.6 Å². The molecule has 1 saturated heterocycles. The number of rotatable bonds is 3. The summed E-state index contributed by atoms with van der Waals surface area (Å²) in [6.07, 6.45) is -3.88. The van der Waals surface area contributed by atoms with Crippen LogP contribution in [0.15, 0.2) is 18.3 Å². The summed E-state index contributed by atoms with van der Waals surface area (Å²) in [4.78, 5) is 27.7. The summed E-state index contributed by atoms with van der Waals surface area (Å²) in [6, 6.07) is 1.83. The van der Waals surface area contributed by atoms with Crippen molar-refractivity contribution >= 4 is 11.9 Å². The fourth-order valence-corrected chi connectivity index (χ4v) is 2.05. The molecule has 21 heavy (non-hydrogen) atoms. The average Bonchev–Trinajstić information content (AvgIpc) is 2.35. The third-order valence-corrected chi connectivity index (χ3v) is 3.60. The molecule has 2 heterocycles. The number of nitrogens with zero attached hydrogens (tertiary/aromatic N) is 2. The molecule has 0 radical (unpaired) electrons. The summed E-state index contributed by atoms with van der Waals surface area (Å²) in [6.45, 7) is 2.11. The minimum absolute atomic E-state index is 0.0792. The molecule has 0 aromatic carbocycles. The molecule has 0 spiro atoms. The molecule has 1 aliphatic heterocycles. The Morgan fingerprint density at radius 1 is 1.38 bits per heavy atom. The predicted octanol–water partition coefficient (Wildman–Crippen LogP) is 1.89. The lowest BCUT2D eigenvalue weighted by Crippen LogP contribution is -2.53. The fraction of sp³-hybridized carbons (Fsp3) is 0.462. The third kappa shape index (κ3) is 3.14. The first-order chi connectivity index (χ1) is 9.70. The van der Waals surface area contributed by atoms with E-state index in [1.165, 1.54) is 4.90 Å². The molecule has 1 amide bonds. The highest BCUT2D eigenvalue weighted by molar-refractivity contribution is 5.93. The number of carboxylic acid groups (broad SMARTS) is 1. The Kier molecular flexibility index (Phi) is 3.89. The van der Waals surface area contributed by atoms with Crippen LogP contribution in [-0.2, 0) is 11.0 Å². The Labute approximate surface area is 118 Å². The van der Waals surface area contributed by atoms with E-state index in [1.54, 1.807) is 6.92 Å². The van der Waals surface area contributed by atoms with E-state index >= 15 is 0 Å². The van der Waals surface area contributed by atoms with Gasteiger partial charge in [-0.25, -0.2) is 0 Å². The van der Waals surface area contributed by atoms with Crippen molar-refractivity contribution < 1.29 is 27.9 Å². The van der Waals surface area contributed by atoms with Gasteiger partial charge < -0.3 is 10.0 Å². The van der Waals surface area contributed by atoms with Gasteiger partial charge in [0.2, 0.25) is 0 Å². The van der Waals surface area contributed by atoms with E-state index in [0.717, 1.165) is 12.1 Å². The van der Waals surface area contributed by atoms with Crippen molar-refractivity contribution in [1.29, 1.82) is 0 Å². The van der Waals surface area contributed by atoms with Gasteiger partial charge in [-0.3, -0.25) is 14.6 Å². The van der Waals surface area contributed by atoms with E-state index in [2.05, 4.69) is 4.98 Å². The van der Waals surface area contributed by atoms with Crippen molar-refractivity contribution in [3.63, 3.8) is 0 Å². The molecule has 1 unspecified atom stereocenters. The Balaban J connectivity index is 1.98. The second-order valence-corrected chi connectivity index (χ2v) is 5.03. The molecule has 8 heteroatoms. The number of pyridine rings is 1.